The summed E-state index contributed by atoms with van der Waals surface area (Å²) < 4.78 is 45.0. The van der Waals surface area contributed by atoms with E-state index in [2.05, 4.69) is 4.98 Å². The number of halogens is 3. The fourth-order valence-electron chi connectivity index (χ4n) is 2.08. The van der Waals surface area contributed by atoms with Crippen LogP contribution in [-0.4, -0.2) is 10.9 Å². The second kappa shape index (κ2) is 4.73. The van der Waals surface area contributed by atoms with E-state index in [0.29, 0.717) is 0 Å². The minimum absolute atomic E-state index is 0.00194. The summed E-state index contributed by atoms with van der Waals surface area (Å²) in [5.41, 5.74) is 9.50. The van der Waals surface area contributed by atoms with E-state index < -0.39 is 17.6 Å². The van der Waals surface area contributed by atoms with Crippen LogP contribution in [0.5, 0.6) is 0 Å². The number of amides is 1. The maximum atomic E-state index is 13.3. The lowest BCUT2D eigenvalue weighted by Crippen LogP contribution is -2.11. The number of nitrogens with two attached hydrogens (primary N) is 2. The van der Waals surface area contributed by atoms with Gasteiger partial charge in [-0.25, -0.2) is 4.98 Å². The molecule has 5 nitrogen and oxygen atoms in total. The molecule has 114 valence electrons. The van der Waals surface area contributed by atoms with Gasteiger partial charge in [0.15, 0.2) is 5.76 Å². The van der Waals surface area contributed by atoms with Gasteiger partial charge in [-0.05, 0) is 18.2 Å². The van der Waals surface area contributed by atoms with E-state index >= 15 is 0 Å². The van der Waals surface area contributed by atoms with Gasteiger partial charge in [-0.15, -0.1) is 11.3 Å². The van der Waals surface area contributed by atoms with Crippen LogP contribution < -0.4 is 11.5 Å². The maximum Gasteiger partial charge on any atom is 0.417 e. The number of furan rings is 1. The predicted molar refractivity (Wildman–Crippen MR) is 75.3 cm³/mol. The van der Waals surface area contributed by atoms with E-state index in [1.807, 2.05) is 0 Å². The van der Waals surface area contributed by atoms with Crippen LogP contribution in [0.1, 0.15) is 15.2 Å². The lowest BCUT2D eigenvalue weighted by molar-refractivity contribution is -0.136. The highest BCUT2D eigenvalue weighted by Gasteiger charge is 2.36. The molecule has 22 heavy (non-hydrogen) atoms. The van der Waals surface area contributed by atoms with Gasteiger partial charge in [0.25, 0.3) is 5.91 Å². The number of nitrogens with zero attached hydrogens (tertiary/aromatic N) is 1. The molecular formula is C13H8F3N3O2S. The number of thiophene rings is 1. The summed E-state index contributed by atoms with van der Waals surface area (Å²) in [6.07, 6.45) is -3.33. The molecule has 4 N–H and O–H groups in total. The Morgan fingerprint density at radius 1 is 1.36 bits per heavy atom. The predicted octanol–water partition coefficient (Wildman–Crippen LogP) is 3.26. The Labute approximate surface area is 125 Å². The Hall–Kier alpha value is -2.55. The molecule has 0 unspecified atom stereocenters. The number of primary amides is 1. The first-order valence-electron chi connectivity index (χ1n) is 5.93. The zero-order valence-corrected chi connectivity index (χ0v) is 11.6. The normalized spacial score (nSPS) is 12.0. The van der Waals surface area contributed by atoms with Gasteiger partial charge < -0.3 is 15.9 Å². The van der Waals surface area contributed by atoms with Crippen LogP contribution in [0.3, 0.4) is 0 Å². The second-order valence-corrected chi connectivity index (χ2v) is 5.42. The second-order valence-electron chi connectivity index (χ2n) is 4.42. The average molecular weight is 327 g/mol. The zero-order chi connectivity index (χ0) is 16.1. The number of hydrogen-bond donors (Lipinski definition) is 2. The van der Waals surface area contributed by atoms with Crippen molar-refractivity contribution in [3.63, 3.8) is 0 Å². The van der Waals surface area contributed by atoms with Crippen LogP contribution in [0.25, 0.3) is 21.7 Å². The highest BCUT2D eigenvalue weighted by atomic mass is 32.1. The third-order valence-corrected chi connectivity index (χ3v) is 4.12. The van der Waals surface area contributed by atoms with Crippen molar-refractivity contribution >= 4 is 33.1 Å². The monoisotopic (exact) mass is 327 g/mol. The summed E-state index contributed by atoms with van der Waals surface area (Å²) in [6.45, 7) is 0. The van der Waals surface area contributed by atoms with Crippen molar-refractivity contribution in [2.24, 2.45) is 5.73 Å². The number of carbonyl (C=O) groups excluding carboxylic acids is 1. The van der Waals surface area contributed by atoms with E-state index in [9.17, 15) is 18.0 Å². The topological polar surface area (TPSA) is 95.1 Å². The van der Waals surface area contributed by atoms with E-state index in [1.54, 1.807) is 0 Å². The summed E-state index contributed by atoms with van der Waals surface area (Å²) in [5.74, 6) is -0.715. The van der Waals surface area contributed by atoms with E-state index in [4.69, 9.17) is 15.9 Å². The van der Waals surface area contributed by atoms with Gasteiger partial charge in [0.2, 0.25) is 0 Å². The smallest absolute Gasteiger partial charge is 0.417 e. The molecule has 0 aliphatic heterocycles. The Morgan fingerprint density at radius 2 is 2.09 bits per heavy atom. The Bertz CT molecular complexity index is 869. The molecule has 0 aliphatic rings. The molecule has 1 amide bonds. The Morgan fingerprint density at radius 3 is 2.64 bits per heavy atom. The summed E-state index contributed by atoms with van der Waals surface area (Å²) in [7, 11) is 0. The molecule has 0 aliphatic carbocycles. The first kappa shape index (κ1) is 14.4. The molecule has 3 aromatic heterocycles. The summed E-state index contributed by atoms with van der Waals surface area (Å²) in [5, 5.41) is -0.318. The number of carbonyl (C=O) groups is 1. The summed E-state index contributed by atoms with van der Waals surface area (Å²) in [4.78, 5) is 15.2. The number of nitrogen functional groups attached to an aromatic ring is 1. The highest BCUT2D eigenvalue weighted by Crippen LogP contribution is 2.43. The molecule has 3 heterocycles. The Balaban J connectivity index is 2.39. The number of fused-ring (bicyclic) bond motifs is 1. The average Bonchev–Trinajstić information content (AvgIpc) is 3.05. The van der Waals surface area contributed by atoms with Crippen molar-refractivity contribution in [2.75, 3.05) is 5.73 Å². The SMILES string of the molecule is NC(=O)c1sc2nc(-c3ccco3)cc(C(F)(F)F)c2c1N. The lowest BCUT2D eigenvalue weighted by Gasteiger charge is -2.10. The number of hydrogen-bond acceptors (Lipinski definition) is 5. The first-order chi connectivity index (χ1) is 10.3. The molecule has 0 spiro atoms. The molecule has 9 heteroatoms. The van der Waals surface area contributed by atoms with Crippen LogP contribution in [0.2, 0.25) is 0 Å². The summed E-state index contributed by atoms with van der Waals surface area (Å²) >= 11 is 0.721. The number of rotatable bonds is 2. The standard InChI is InChI=1S/C13H8F3N3O2S/c14-13(15,16)5-4-6(7-2-1-3-21-7)19-12-8(5)9(17)10(22-12)11(18)20/h1-4H,17H2,(H2,18,20). The quantitative estimate of drug-likeness (QED) is 0.755. The Kier molecular flexibility index (Phi) is 3.10. The van der Waals surface area contributed by atoms with Crippen molar-refractivity contribution in [1.82, 2.24) is 4.98 Å². The van der Waals surface area contributed by atoms with Crippen LogP contribution >= 0.6 is 11.3 Å². The van der Waals surface area contributed by atoms with Crippen LogP contribution in [0.4, 0.5) is 18.9 Å². The molecule has 0 radical (unpaired) electrons. The van der Waals surface area contributed by atoms with Crippen molar-refractivity contribution in [1.29, 1.82) is 0 Å². The van der Waals surface area contributed by atoms with Crippen LogP contribution in [-0.2, 0) is 6.18 Å². The van der Waals surface area contributed by atoms with Gasteiger partial charge in [0, 0.05) is 5.39 Å². The molecule has 3 rings (SSSR count). The fraction of sp³-hybridized carbons (Fsp3) is 0.0769. The van der Waals surface area contributed by atoms with Crippen molar-refractivity contribution in [3.05, 3.63) is 34.9 Å². The van der Waals surface area contributed by atoms with Crippen molar-refractivity contribution in [3.8, 4) is 11.5 Å². The third-order valence-electron chi connectivity index (χ3n) is 3.00. The molecule has 3 aromatic rings. The van der Waals surface area contributed by atoms with Gasteiger partial charge in [-0.3, -0.25) is 4.79 Å². The molecule has 0 atom stereocenters. The van der Waals surface area contributed by atoms with Gasteiger partial charge in [-0.2, -0.15) is 13.2 Å². The number of anilines is 1. The highest BCUT2D eigenvalue weighted by molar-refractivity contribution is 7.21. The van der Waals surface area contributed by atoms with E-state index in [-0.39, 0.29) is 32.2 Å². The van der Waals surface area contributed by atoms with Gasteiger partial charge >= 0.3 is 6.18 Å². The third kappa shape index (κ3) is 2.19. The summed E-state index contributed by atoms with van der Waals surface area (Å²) in [6, 6.07) is 3.86. The molecule has 0 bridgehead atoms. The largest absolute Gasteiger partial charge is 0.463 e. The maximum absolute atomic E-state index is 13.3. The van der Waals surface area contributed by atoms with E-state index in [0.717, 1.165) is 17.4 Å². The molecular weight excluding hydrogens is 319 g/mol. The first-order valence-corrected chi connectivity index (χ1v) is 6.74. The van der Waals surface area contributed by atoms with Gasteiger partial charge in [0.1, 0.15) is 15.4 Å². The zero-order valence-electron chi connectivity index (χ0n) is 10.8. The molecule has 0 fully saturated rings. The fourth-order valence-corrected chi connectivity index (χ4v) is 3.05. The number of pyridine rings is 1. The molecule has 0 saturated carbocycles. The van der Waals surface area contributed by atoms with Gasteiger partial charge in [-0.1, -0.05) is 0 Å². The number of aromatic nitrogens is 1. The van der Waals surface area contributed by atoms with Gasteiger partial charge in [0.05, 0.1) is 17.5 Å². The molecule has 0 saturated heterocycles. The lowest BCUT2D eigenvalue weighted by atomic mass is 10.1. The van der Waals surface area contributed by atoms with Crippen molar-refractivity contribution in [2.45, 2.75) is 6.18 Å². The molecule has 0 aromatic carbocycles. The van der Waals surface area contributed by atoms with Crippen molar-refractivity contribution < 1.29 is 22.4 Å². The van der Waals surface area contributed by atoms with Crippen LogP contribution in [0.15, 0.2) is 28.9 Å². The van der Waals surface area contributed by atoms with E-state index in [1.165, 1.54) is 18.4 Å². The number of alkyl halides is 3. The minimum Gasteiger partial charge on any atom is -0.463 e. The van der Waals surface area contributed by atoms with Crippen LogP contribution in [0, 0.1) is 0 Å². The minimum atomic E-state index is -4.66.